The van der Waals surface area contributed by atoms with Crippen LogP contribution in [-0.4, -0.2) is 65.1 Å². The van der Waals surface area contributed by atoms with Crippen LogP contribution in [0.15, 0.2) is 24.3 Å². The van der Waals surface area contributed by atoms with E-state index in [9.17, 15) is 14.4 Å². The summed E-state index contributed by atoms with van der Waals surface area (Å²) in [6.07, 6.45) is 2.15. The summed E-state index contributed by atoms with van der Waals surface area (Å²) in [5.74, 6) is -0.00291. The van der Waals surface area contributed by atoms with Gasteiger partial charge in [-0.05, 0) is 30.4 Å². The van der Waals surface area contributed by atoms with E-state index in [2.05, 4.69) is 12.1 Å². The molecule has 26 heavy (non-hydrogen) atoms. The maximum Gasteiger partial charge on any atom is 0.238 e. The zero-order valence-corrected chi connectivity index (χ0v) is 15.2. The molecule has 0 atom stereocenters. The van der Waals surface area contributed by atoms with Gasteiger partial charge < -0.3 is 14.7 Å². The Labute approximate surface area is 153 Å². The number of rotatable bonds is 2. The number of fused-ring (bicyclic) bond motifs is 1. The number of piperazine rings is 1. The van der Waals surface area contributed by atoms with E-state index in [0.29, 0.717) is 52.1 Å². The molecule has 1 saturated heterocycles. The Kier molecular flexibility index (Phi) is 4.21. The van der Waals surface area contributed by atoms with Crippen LogP contribution in [0.25, 0.3) is 0 Å². The van der Waals surface area contributed by atoms with Crippen LogP contribution in [0.3, 0.4) is 0 Å². The molecule has 3 aliphatic rings. The van der Waals surface area contributed by atoms with Gasteiger partial charge in [-0.25, -0.2) is 0 Å². The highest BCUT2D eigenvalue weighted by atomic mass is 16.2. The molecule has 1 aromatic rings. The van der Waals surface area contributed by atoms with Gasteiger partial charge in [0.05, 0.1) is 0 Å². The topological polar surface area (TPSA) is 60.9 Å². The molecule has 0 bridgehead atoms. The largest absolute Gasteiger partial charge is 0.339 e. The Morgan fingerprint density at radius 1 is 0.808 bits per heavy atom. The summed E-state index contributed by atoms with van der Waals surface area (Å²) < 4.78 is 0. The van der Waals surface area contributed by atoms with Crippen molar-refractivity contribution in [3.8, 4) is 0 Å². The Hall–Kier alpha value is -2.37. The van der Waals surface area contributed by atoms with Crippen molar-refractivity contribution in [1.29, 1.82) is 0 Å². The van der Waals surface area contributed by atoms with Gasteiger partial charge >= 0.3 is 0 Å². The second kappa shape index (κ2) is 6.41. The number of nitrogens with zero attached hydrogens (tertiary/aromatic N) is 3. The summed E-state index contributed by atoms with van der Waals surface area (Å²) >= 11 is 0. The highest BCUT2D eigenvalue weighted by Gasteiger charge is 2.59. The fraction of sp³-hybridized carbons (Fsp3) is 0.550. The molecule has 1 aromatic carbocycles. The zero-order valence-electron chi connectivity index (χ0n) is 15.2. The van der Waals surface area contributed by atoms with Gasteiger partial charge in [-0.15, -0.1) is 0 Å². The molecule has 0 radical (unpaired) electrons. The van der Waals surface area contributed by atoms with Gasteiger partial charge in [0.25, 0.3) is 0 Å². The van der Waals surface area contributed by atoms with E-state index in [-0.39, 0.29) is 17.7 Å². The summed E-state index contributed by atoms with van der Waals surface area (Å²) in [6.45, 7) is 5.00. The van der Waals surface area contributed by atoms with E-state index in [0.717, 1.165) is 6.42 Å². The fourth-order valence-electron chi connectivity index (χ4n) is 4.14. The van der Waals surface area contributed by atoms with Gasteiger partial charge in [0.1, 0.15) is 5.41 Å². The lowest BCUT2D eigenvalue weighted by molar-refractivity contribution is -0.152. The summed E-state index contributed by atoms with van der Waals surface area (Å²) in [7, 11) is 0. The second-order valence-electron chi connectivity index (χ2n) is 7.63. The van der Waals surface area contributed by atoms with Gasteiger partial charge in [0, 0.05) is 46.2 Å². The van der Waals surface area contributed by atoms with Crippen molar-refractivity contribution in [3.63, 3.8) is 0 Å². The SMILES string of the molecule is CC(=O)N1CCN(C(=O)C2(C(=O)N3CCc4ccccc4C3)CC2)CC1. The van der Waals surface area contributed by atoms with Crippen molar-refractivity contribution < 1.29 is 14.4 Å². The van der Waals surface area contributed by atoms with Crippen molar-refractivity contribution >= 4 is 17.7 Å². The summed E-state index contributed by atoms with van der Waals surface area (Å²) in [5.41, 5.74) is 1.64. The van der Waals surface area contributed by atoms with Crippen molar-refractivity contribution in [2.24, 2.45) is 5.41 Å². The van der Waals surface area contributed by atoms with Crippen LogP contribution in [0.2, 0.25) is 0 Å². The Bertz CT molecular complexity index is 748. The van der Waals surface area contributed by atoms with E-state index >= 15 is 0 Å². The van der Waals surface area contributed by atoms with Crippen LogP contribution < -0.4 is 0 Å². The second-order valence-corrected chi connectivity index (χ2v) is 7.63. The third kappa shape index (κ3) is 2.87. The molecule has 1 saturated carbocycles. The lowest BCUT2D eigenvalue weighted by Crippen LogP contribution is -2.54. The van der Waals surface area contributed by atoms with Crippen molar-refractivity contribution in [2.45, 2.75) is 32.7 Å². The minimum absolute atomic E-state index is 0.00833. The predicted molar refractivity (Wildman–Crippen MR) is 96.1 cm³/mol. The van der Waals surface area contributed by atoms with Crippen molar-refractivity contribution in [2.75, 3.05) is 32.7 Å². The molecule has 2 aliphatic heterocycles. The van der Waals surface area contributed by atoms with Crippen LogP contribution in [0.1, 0.15) is 30.9 Å². The van der Waals surface area contributed by atoms with E-state index < -0.39 is 5.41 Å². The molecule has 4 rings (SSSR count). The van der Waals surface area contributed by atoms with E-state index in [1.54, 1.807) is 16.7 Å². The van der Waals surface area contributed by atoms with Crippen LogP contribution in [-0.2, 0) is 27.3 Å². The molecule has 2 heterocycles. The van der Waals surface area contributed by atoms with E-state index in [1.165, 1.54) is 11.1 Å². The van der Waals surface area contributed by atoms with Crippen LogP contribution in [0.5, 0.6) is 0 Å². The van der Waals surface area contributed by atoms with Gasteiger partial charge in [-0.3, -0.25) is 14.4 Å². The zero-order chi connectivity index (χ0) is 18.3. The highest BCUT2D eigenvalue weighted by Crippen LogP contribution is 2.49. The van der Waals surface area contributed by atoms with Crippen molar-refractivity contribution in [3.05, 3.63) is 35.4 Å². The maximum absolute atomic E-state index is 13.2. The quantitative estimate of drug-likeness (QED) is 0.745. The third-order valence-corrected chi connectivity index (χ3v) is 6.00. The number of amides is 3. The van der Waals surface area contributed by atoms with Crippen LogP contribution >= 0.6 is 0 Å². The molecule has 0 spiro atoms. The number of carbonyl (C=O) groups is 3. The molecular formula is C20H25N3O3. The molecule has 6 heteroatoms. The first kappa shape index (κ1) is 17.1. The summed E-state index contributed by atoms with van der Waals surface area (Å²) in [5, 5.41) is 0. The Morgan fingerprint density at radius 3 is 2.00 bits per heavy atom. The first-order valence-corrected chi connectivity index (χ1v) is 9.42. The van der Waals surface area contributed by atoms with Gasteiger partial charge in [0.2, 0.25) is 17.7 Å². The molecule has 138 valence electrons. The third-order valence-electron chi connectivity index (χ3n) is 6.00. The highest BCUT2D eigenvalue weighted by molar-refractivity contribution is 6.08. The van der Waals surface area contributed by atoms with Crippen LogP contribution in [0, 0.1) is 5.41 Å². The molecule has 0 aromatic heterocycles. The van der Waals surface area contributed by atoms with Gasteiger partial charge in [-0.1, -0.05) is 24.3 Å². The lowest BCUT2D eigenvalue weighted by atomic mass is 9.96. The maximum atomic E-state index is 13.2. The van der Waals surface area contributed by atoms with E-state index in [4.69, 9.17) is 0 Å². The number of benzene rings is 1. The normalized spacial score (nSPS) is 21.2. The molecule has 0 N–H and O–H groups in total. The molecular weight excluding hydrogens is 330 g/mol. The lowest BCUT2D eigenvalue weighted by Gasteiger charge is -2.37. The Morgan fingerprint density at radius 2 is 1.38 bits per heavy atom. The van der Waals surface area contributed by atoms with Crippen molar-refractivity contribution in [1.82, 2.24) is 14.7 Å². The predicted octanol–water partition coefficient (Wildman–Crippen LogP) is 1.04. The number of hydrogen-bond acceptors (Lipinski definition) is 3. The number of carbonyl (C=O) groups excluding carboxylic acids is 3. The first-order valence-electron chi connectivity index (χ1n) is 9.42. The Balaban J connectivity index is 1.43. The first-order chi connectivity index (χ1) is 12.5. The molecule has 3 amide bonds. The van der Waals surface area contributed by atoms with Gasteiger partial charge in [-0.2, -0.15) is 0 Å². The minimum Gasteiger partial charge on any atom is -0.339 e. The average Bonchev–Trinajstić information content (AvgIpc) is 3.48. The standard InChI is InChI=1S/C20H25N3O3/c1-15(24)21-10-12-22(13-11-21)18(25)20(7-8-20)19(26)23-9-6-16-4-2-3-5-17(16)14-23/h2-5H,6-14H2,1H3. The van der Waals surface area contributed by atoms with E-state index in [1.807, 2.05) is 17.0 Å². The number of hydrogen-bond donors (Lipinski definition) is 0. The van der Waals surface area contributed by atoms with Crippen LogP contribution in [0.4, 0.5) is 0 Å². The summed E-state index contributed by atoms with van der Waals surface area (Å²) in [6, 6.07) is 8.21. The molecule has 6 nitrogen and oxygen atoms in total. The fourth-order valence-corrected chi connectivity index (χ4v) is 4.14. The molecule has 2 fully saturated rings. The molecule has 0 unspecified atom stereocenters. The van der Waals surface area contributed by atoms with Gasteiger partial charge in [0.15, 0.2) is 0 Å². The monoisotopic (exact) mass is 355 g/mol. The minimum atomic E-state index is -0.843. The average molecular weight is 355 g/mol. The smallest absolute Gasteiger partial charge is 0.238 e. The molecule has 1 aliphatic carbocycles. The summed E-state index contributed by atoms with van der Waals surface area (Å²) in [4.78, 5) is 43.1.